The lowest BCUT2D eigenvalue weighted by atomic mass is 10.2. The molecule has 0 fully saturated rings. The van der Waals surface area contributed by atoms with Gasteiger partial charge in [-0.05, 0) is 39.0 Å². The first-order chi connectivity index (χ1) is 8.19. The molecule has 0 saturated carbocycles. The minimum atomic E-state index is 0.670. The van der Waals surface area contributed by atoms with Crippen molar-refractivity contribution in [2.45, 2.75) is 20.8 Å². The molecule has 0 atom stereocenters. The summed E-state index contributed by atoms with van der Waals surface area (Å²) < 4.78 is 0. The second-order valence-electron chi connectivity index (χ2n) is 3.94. The normalized spacial score (nSPS) is 10.3. The van der Waals surface area contributed by atoms with E-state index >= 15 is 0 Å². The van der Waals surface area contributed by atoms with Crippen molar-refractivity contribution in [2.75, 3.05) is 11.9 Å². The number of aryl methyl sites for hydroxylation is 2. The first kappa shape index (κ1) is 11.5. The lowest BCUT2D eigenvalue weighted by Crippen LogP contribution is -2.04. The maximum absolute atomic E-state index is 4.46. The molecule has 0 aliphatic rings. The molecule has 0 spiro atoms. The van der Waals surface area contributed by atoms with Gasteiger partial charge < -0.3 is 5.32 Å². The standard InChI is InChI=1S/C13H16N4/c1-4-14-13-16-10(3)7-12(17-13)11-6-5-9(2)15-8-11/h5-8H,4H2,1-3H3,(H,14,16,17). The van der Waals surface area contributed by atoms with Crippen molar-refractivity contribution in [1.29, 1.82) is 0 Å². The van der Waals surface area contributed by atoms with Crippen LogP contribution in [0, 0.1) is 13.8 Å². The molecular formula is C13H16N4. The lowest BCUT2D eigenvalue weighted by Gasteiger charge is -2.06. The summed E-state index contributed by atoms with van der Waals surface area (Å²) in [7, 11) is 0. The van der Waals surface area contributed by atoms with E-state index in [-0.39, 0.29) is 0 Å². The van der Waals surface area contributed by atoms with E-state index in [1.165, 1.54) is 0 Å². The summed E-state index contributed by atoms with van der Waals surface area (Å²) in [6, 6.07) is 5.98. The van der Waals surface area contributed by atoms with Crippen LogP contribution in [0.2, 0.25) is 0 Å². The van der Waals surface area contributed by atoms with Crippen molar-refractivity contribution in [3.8, 4) is 11.3 Å². The third-order valence-corrected chi connectivity index (χ3v) is 2.40. The predicted octanol–water partition coefficient (Wildman–Crippen LogP) is 2.59. The van der Waals surface area contributed by atoms with Gasteiger partial charge in [0.05, 0.1) is 5.69 Å². The van der Waals surface area contributed by atoms with Gasteiger partial charge in [0.15, 0.2) is 0 Å². The highest BCUT2D eigenvalue weighted by molar-refractivity contribution is 5.59. The fraction of sp³-hybridized carbons (Fsp3) is 0.308. The number of hydrogen-bond donors (Lipinski definition) is 1. The fourth-order valence-electron chi connectivity index (χ4n) is 1.57. The van der Waals surface area contributed by atoms with Gasteiger partial charge in [0, 0.05) is 29.7 Å². The van der Waals surface area contributed by atoms with Gasteiger partial charge in [-0.25, -0.2) is 9.97 Å². The smallest absolute Gasteiger partial charge is 0.223 e. The van der Waals surface area contributed by atoms with E-state index in [0.29, 0.717) is 5.95 Å². The quantitative estimate of drug-likeness (QED) is 0.877. The van der Waals surface area contributed by atoms with Crippen molar-refractivity contribution in [2.24, 2.45) is 0 Å². The average molecular weight is 228 g/mol. The highest BCUT2D eigenvalue weighted by atomic mass is 15.1. The van der Waals surface area contributed by atoms with Crippen molar-refractivity contribution in [1.82, 2.24) is 15.0 Å². The second kappa shape index (κ2) is 4.91. The van der Waals surface area contributed by atoms with Gasteiger partial charge in [0.1, 0.15) is 0 Å². The number of nitrogens with zero attached hydrogens (tertiary/aromatic N) is 3. The van der Waals surface area contributed by atoms with Crippen LogP contribution >= 0.6 is 0 Å². The van der Waals surface area contributed by atoms with Crippen LogP contribution in [-0.4, -0.2) is 21.5 Å². The van der Waals surface area contributed by atoms with Crippen LogP contribution < -0.4 is 5.32 Å². The van der Waals surface area contributed by atoms with Crippen molar-refractivity contribution < 1.29 is 0 Å². The van der Waals surface area contributed by atoms with E-state index in [1.54, 1.807) is 0 Å². The molecule has 0 aliphatic heterocycles. The van der Waals surface area contributed by atoms with Crippen LogP contribution in [0.5, 0.6) is 0 Å². The summed E-state index contributed by atoms with van der Waals surface area (Å²) in [6.07, 6.45) is 1.84. The van der Waals surface area contributed by atoms with Gasteiger partial charge in [0.25, 0.3) is 0 Å². The average Bonchev–Trinajstić information content (AvgIpc) is 2.29. The summed E-state index contributed by atoms with van der Waals surface area (Å²) in [4.78, 5) is 13.1. The van der Waals surface area contributed by atoms with E-state index in [0.717, 1.165) is 29.2 Å². The van der Waals surface area contributed by atoms with E-state index in [2.05, 4.69) is 20.3 Å². The van der Waals surface area contributed by atoms with Gasteiger partial charge >= 0.3 is 0 Å². The third-order valence-electron chi connectivity index (χ3n) is 2.40. The Bertz CT molecular complexity index is 505. The zero-order valence-corrected chi connectivity index (χ0v) is 10.4. The largest absolute Gasteiger partial charge is 0.354 e. The van der Waals surface area contributed by atoms with Gasteiger partial charge in [-0.15, -0.1) is 0 Å². The highest BCUT2D eigenvalue weighted by Gasteiger charge is 2.04. The maximum atomic E-state index is 4.46. The third kappa shape index (κ3) is 2.78. The molecule has 0 amide bonds. The van der Waals surface area contributed by atoms with Crippen LogP contribution in [0.15, 0.2) is 24.4 Å². The highest BCUT2D eigenvalue weighted by Crippen LogP contribution is 2.18. The molecule has 2 rings (SSSR count). The zero-order chi connectivity index (χ0) is 12.3. The van der Waals surface area contributed by atoms with E-state index in [4.69, 9.17) is 0 Å². The number of pyridine rings is 1. The van der Waals surface area contributed by atoms with E-state index in [9.17, 15) is 0 Å². The van der Waals surface area contributed by atoms with Crippen molar-refractivity contribution >= 4 is 5.95 Å². The summed E-state index contributed by atoms with van der Waals surface area (Å²) in [5, 5.41) is 3.13. The molecule has 1 N–H and O–H groups in total. The zero-order valence-electron chi connectivity index (χ0n) is 10.4. The Morgan fingerprint density at radius 2 is 1.94 bits per heavy atom. The Morgan fingerprint density at radius 3 is 2.59 bits per heavy atom. The number of nitrogens with one attached hydrogen (secondary N) is 1. The molecule has 0 aliphatic carbocycles. The van der Waals surface area contributed by atoms with Crippen LogP contribution in [0.4, 0.5) is 5.95 Å². The molecule has 2 heterocycles. The maximum Gasteiger partial charge on any atom is 0.223 e. The van der Waals surface area contributed by atoms with E-state index < -0.39 is 0 Å². The van der Waals surface area contributed by atoms with Crippen LogP contribution in [0.25, 0.3) is 11.3 Å². The number of rotatable bonds is 3. The van der Waals surface area contributed by atoms with Crippen molar-refractivity contribution in [3.63, 3.8) is 0 Å². The minimum Gasteiger partial charge on any atom is -0.354 e. The topological polar surface area (TPSA) is 50.7 Å². The SMILES string of the molecule is CCNc1nc(C)cc(-c2ccc(C)nc2)n1. The molecule has 0 bridgehead atoms. The first-order valence-corrected chi connectivity index (χ1v) is 5.71. The molecule has 17 heavy (non-hydrogen) atoms. The first-order valence-electron chi connectivity index (χ1n) is 5.71. The van der Waals surface area contributed by atoms with Gasteiger partial charge in [-0.3, -0.25) is 4.98 Å². The van der Waals surface area contributed by atoms with Crippen LogP contribution in [-0.2, 0) is 0 Å². The molecule has 4 nitrogen and oxygen atoms in total. The Hall–Kier alpha value is -1.97. The summed E-state index contributed by atoms with van der Waals surface area (Å²) in [5.41, 5.74) is 3.87. The molecule has 0 saturated heterocycles. The molecule has 0 unspecified atom stereocenters. The monoisotopic (exact) mass is 228 g/mol. The van der Waals surface area contributed by atoms with Gasteiger partial charge in [-0.2, -0.15) is 0 Å². The molecule has 88 valence electrons. The van der Waals surface area contributed by atoms with Gasteiger partial charge in [-0.1, -0.05) is 0 Å². The summed E-state index contributed by atoms with van der Waals surface area (Å²) in [6.45, 7) is 6.78. The minimum absolute atomic E-state index is 0.670. The number of anilines is 1. The van der Waals surface area contributed by atoms with Crippen LogP contribution in [0.3, 0.4) is 0 Å². The summed E-state index contributed by atoms with van der Waals surface area (Å²) >= 11 is 0. The molecule has 4 heteroatoms. The molecule has 2 aromatic rings. The summed E-state index contributed by atoms with van der Waals surface area (Å²) in [5.74, 6) is 0.670. The lowest BCUT2D eigenvalue weighted by molar-refractivity contribution is 1.05. The Morgan fingerprint density at radius 1 is 1.12 bits per heavy atom. The number of hydrogen-bond acceptors (Lipinski definition) is 4. The molecule has 0 aromatic carbocycles. The molecule has 0 radical (unpaired) electrons. The van der Waals surface area contributed by atoms with Crippen LogP contribution in [0.1, 0.15) is 18.3 Å². The molecule has 2 aromatic heterocycles. The Kier molecular flexibility index (Phi) is 3.32. The number of aromatic nitrogens is 3. The molecular weight excluding hydrogens is 212 g/mol. The Labute approximate surface area is 101 Å². The Balaban J connectivity index is 2.40. The predicted molar refractivity (Wildman–Crippen MR) is 68.9 cm³/mol. The van der Waals surface area contributed by atoms with Crippen molar-refractivity contribution in [3.05, 3.63) is 35.8 Å². The fourth-order valence-corrected chi connectivity index (χ4v) is 1.57. The van der Waals surface area contributed by atoms with E-state index in [1.807, 2.05) is 45.2 Å². The second-order valence-corrected chi connectivity index (χ2v) is 3.94. The van der Waals surface area contributed by atoms with Gasteiger partial charge in [0.2, 0.25) is 5.95 Å².